The molecule has 0 spiro atoms. The van der Waals surface area contributed by atoms with E-state index in [2.05, 4.69) is 20.2 Å². The van der Waals surface area contributed by atoms with E-state index >= 15 is 0 Å². The first-order valence-electron chi connectivity index (χ1n) is 9.96. The van der Waals surface area contributed by atoms with Gasteiger partial charge in [0.25, 0.3) is 6.01 Å². The molecule has 3 aromatic rings. The van der Waals surface area contributed by atoms with Crippen molar-refractivity contribution in [3.05, 3.63) is 29.3 Å². The van der Waals surface area contributed by atoms with E-state index in [1.807, 2.05) is 0 Å². The van der Waals surface area contributed by atoms with Crippen LogP contribution in [-0.2, 0) is 4.74 Å². The molecule has 1 aromatic carbocycles. The smallest absolute Gasteiger partial charge is 0.418 e. The molecule has 30 heavy (non-hydrogen) atoms. The van der Waals surface area contributed by atoms with Gasteiger partial charge < -0.3 is 19.4 Å². The summed E-state index contributed by atoms with van der Waals surface area (Å²) in [6.07, 6.45) is -2.72. The Morgan fingerprint density at radius 2 is 2.07 bits per heavy atom. The van der Waals surface area contributed by atoms with Crippen LogP contribution >= 0.6 is 11.3 Å². The monoisotopic (exact) mass is 438 g/mol. The zero-order valence-corrected chi connectivity index (χ0v) is 17.1. The normalized spacial score (nSPS) is 22.7. The summed E-state index contributed by atoms with van der Waals surface area (Å²) < 4.78 is 52.1. The number of hydrogen-bond acceptors (Lipinski definition) is 7. The predicted octanol–water partition coefficient (Wildman–Crippen LogP) is 4.53. The Bertz CT molecular complexity index is 1020. The Morgan fingerprint density at radius 1 is 1.30 bits per heavy atom. The number of fused-ring (bicyclic) bond motifs is 3. The molecule has 160 valence electrons. The number of thiazole rings is 1. The van der Waals surface area contributed by atoms with Gasteiger partial charge in [-0.15, -0.1) is 11.3 Å². The van der Waals surface area contributed by atoms with Gasteiger partial charge in [0.05, 0.1) is 5.56 Å². The van der Waals surface area contributed by atoms with Gasteiger partial charge >= 0.3 is 6.18 Å². The minimum atomic E-state index is -4.53. The fourth-order valence-electron chi connectivity index (χ4n) is 4.34. The molecule has 5 rings (SSSR count). The van der Waals surface area contributed by atoms with Crippen molar-refractivity contribution < 1.29 is 22.3 Å². The second kappa shape index (κ2) is 7.51. The van der Waals surface area contributed by atoms with E-state index in [4.69, 9.17) is 9.15 Å². The molecular weight excluding hydrogens is 417 g/mol. The number of oxazole rings is 1. The highest BCUT2D eigenvalue weighted by Crippen LogP contribution is 2.41. The average Bonchev–Trinajstić information content (AvgIpc) is 3.44. The zero-order valence-electron chi connectivity index (χ0n) is 16.3. The lowest BCUT2D eigenvalue weighted by atomic mass is 10.0. The number of rotatable bonds is 5. The van der Waals surface area contributed by atoms with E-state index in [0.29, 0.717) is 39.8 Å². The molecule has 0 amide bonds. The molecule has 0 aliphatic carbocycles. The Morgan fingerprint density at radius 3 is 2.70 bits per heavy atom. The minimum Gasteiger partial charge on any atom is -0.423 e. The number of halogens is 3. The lowest BCUT2D eigenvalue weighted by Crippen LogP contribution is -2.51. The predicted molar refractivity (Wildman–Crippen MR) is 108 cm³/mol. The van der Waals surface area contributed by atoms with Crippen molar-refractivity contribution >= 4 is 28.5 Å². The number of nitrogens with one attached hydrogen (secondary N) is 1. The van der Waals surface area contributed by atoms with Gasteiger partial charge in [0.2, 0.25) is 0 Å². The molecule has 2 aliphatic rings. The van der Waals surface area contributed by atoms with Crippen LogP contribution in [0.3, 0.4) is 0 Å². The molecule has 3 unspecified atom stereocenters. The van der Waals surface area contributed by atoms with Gasteiger partial charge in [-0.1, -0.05) is 0 Å². The van der Waals surface area contributed by atoms with Gasteiger partial charge in [0.15, 0.2) is 11.7 Å². The molecule has 2 bridgehead atoms. The first-order chi connectivity index (χ1) is 14.4. The molecule has 2 fully saturated rings. The van der Waals surface area contributed by atoms with Gasteiger partial charge in [-0.05, 0) is 37.5 Å². The van der Waals surface area contributed by atoms with Crippen molar-refractivity contribution in [1.29, 1.82) is 0 Å². The van der Waals surface area contributed by atoms with Crippen molar-refractivity contribution in [2.45, 2.75) is 44.1 Å². The van der Waals surface area contributed by atoms with Gasteiger partial charge in [0.1, 0.15) is 10.5 Å². The van der Waals surface area contributed by atoms with Crippen LogP contribution in [0.1, 0.15) is 31.4 Å². The van der Waals surface area contributed by atoms with E-state index in [1.165, 1.54) is 23.5 Å². The third-order valence-corrected chi connectivity index (χ3v) is 6.39. The van der Waals surface area contributed by atoms with E-state index < -0.39 is 12.3 Å². The second-order valence-electron chi connectivity index (χ2n) is 7.67. The topological polar surface area (TPSA) is 63.4 Å². The maximum absolute atomic E-state index is 13.7. The van der Waals surface area contributed by atoms with Crippen LogP contribution in [0.25, 0.3) is 21.7 Å². The van der Waals surface area contributed by atoms with E-state index in [0.717, 1.165) is 25.9 Å². The van der Waals surface area contributed by atoms with Gasteiger partial charge in [-0.2, -0.15) is 18.2 Å². The van der Waals surface area contributed by atoms with Crippen LogP contribution < -0.4 is 10.2 Å². The van der Waals surface area contributed by atoms with Crippen LogP contribution in [0.5, 0.6) is 0 Å². The van der Waals surface area contributed by atoms with Crippen LogP contribution in [0, 0.1) is 0 Å². The van der Waals surface area contributed by atoms with Gasteiger partial charge in [-0.25, -0.2) is 4.98 Å². The molecule has 0 saturated carbocycles. The summed E-state index contributed by atoms with van der Waals surface area (Å²) in [6, 6.07) is 4.11. The summed E-state index contributed by atoms with van der Waals surface area (Å²) in [6.45, 7) is 3.04. The Balaban J connectivity index is 1.61. The third kappa shape index (κ3) is 3.57. The SMILES string of the molecule is CCOC(c1cc(-c2nccs2)c2oc(N3CC4CCC(C3)N4)nc2c1)C(F)(F)F. The van der Waals surface area contributed by atoms with Crippen molar-refractivity contribution in [3.8, 4) is 10.6 Å². The summed E-state index contributed by atoms with van der Waals surface area (Å²) >= 11 is 1.34. The van der Waals surface area contributed by atoms with E-state index in [-0.39, 0.29) is 12.2 Å². The third-order valence-electron chi connectivity index (χ3n) is 5.58. The zero-order chi connectivity index (χ0) is 20.9. The van der Waals surface area contributed by atoms with Gasteiger partial charge in [0, 0.05) is 43.4 Å². The standard InChI is InChI=1S/C20H21F3N4O2S/c1-2-28-17(20(21,22)23)11-7-14(18-24-5-6-30-18)16-15(8-11)26-19(29-16)27-9-12-3-4-13(10-27)25-12/h5-8,12-13,17,25H,2-4,9-10H2,1H3. The summed E-state index contributed by atoms with van der Waals surface area (Å²) in [5.74, 6) is 0. The minimum absolute atomic E-state index is 0.00211. The number of hydrogen-bond donors (Lipinski definition) is 1. The molecular formula is C20H21F3N4O2S. The molecule has 2 aliphatic heterocycles. The molecule has 2 saturated heterocycles. The molecule has 3 atom stereocenters. The van der Waals surface area contributed by atoms with Crippen molar-refractivity contribution in [2.24, 2.45) is 0 Å². The van der Waals surface area contributed by atoms with Crippen molar-refractivity contribution in [2.75, 3.05) is 24.6 Å². The fraction of sp³-hybridized carbons (Fsp3) is 0.500. The second-order valence-corrected chi connectivity index (χ2v) is 8.56. The van der Waals surface area contributed by atoms with Crippen LogP contribution in [0.15, 0.2) is 28.1 Å². The number of piperazine rings is 1. The van der Waals surface area contributed by atoms with Crippen LogP contribution in [0.4, 0.5) is 19.2 Å². The molecule has 2 aromatic heterocycles. The molecule has 6 nitrogen and oxygen atoms in total. The Labute approximate surface area is 175 Å². The fourth-order valence-corrected chi connectivity index (χ4v) is 5.00. The average molecular weight is 438 g/mol. The Hall–Kier alpha value is -2.17. The van der Waals surface area contributed by atoms with E-state index in [1.54, 1.807) is 18.5 Å². The Kier molecular flexibility index (Phi) is 4.95. The number of ether oxygens (including phenoxy) is 1. The number of anilines is 1. The highest BCUT2D eigenvalue weighted by atomic mass is 32.1. The van der Waals surface area contributed by atoms with Crippen LogP contribution in [0.2, 0.25) is 0 Å². The first kappa shape index (κ1) is 19.8. The highest BCUT2D eigenvalue weighted by molar-refractivity contribution is 7.13. The van der Waals surface area contributed by atoms with Crippen LogP contribution in [-0.4, -0.2) is 47.9 Å². The number of nitrogens with zero attached hydrogens (tertiary/aromatic N) is 3. The highest BCUT2D eigenvalue weighted by Gasteiger charge is 2.42. The molecule has 1 N–H and O–H groups in total. The number of alkyl halides is 3. The molecule has 4 heterocycles. The quantitative estimate of drug-likeness (QED) is 0.632. The van der Waals surface area contributed by atoms with Gasteiger partial charge in [-0.3, -0.25) is 0 Å². The molecule has 10 heteroatoms. The largest absolute Gasteiger partial charge is 0.423 e. The first-order valence-corrected chi connectivity index (χ1v) is 10.8. The van der Waals surface area contributed by atoms with E-state index in [9.17, 15) is 13.2 Å². The lowest BCUT2D eigenvalue weighted by molar-refractivity contribution is -0.222. The van der Waals surface area contributed by atoms with Crippen molar-refractivity contribution in [1.82, 2.24) is 15.3 Å². The maximum atomic E-state index is 13.7. The summed E-state index contributed by atoms with van der Waals surface area (Å²) in [4.78, 5) is 10.9. The number of aromatic nitrogens is 2. The molecule has 0 radical (unpaired) electrons. The summed E-state index contributed by atoms with van der Waals surface area (Å²) in [5.41, 5.74) is 1.34. The summed E-state index contributed by atoms with van der Waals surface area (Å²) in [5, 5.41) is 5.92. The van der Waals surface area contributed by atoms with Crippen molar-refractivity contribution in [3.63, 3.8) is 0 Å². The maximum Gasteiger partial charge on any atom is 0.418 e. The number of benzene rings is 1. The lowest BCUT2D eigenvalue weighted by Gasteiger charge is -2.31. The summed E-state index contributed by atoms with van der Waals surface area (Å²) in [7, 11) is 0.